The summed E-state index contributed by atoms with van der Waals surface area (Å²) in [5.74, 6) is -1.05. The first kappa shape index (κ1) is 17.0. The molecule has 1 amide bonds. The minimum Gasteiger partial charge on any atom is -0.480 e. The monoisotopic (exact) mass is 293 g/mol. The summed E-state index contributed by atoms with van der Waals surface area (Å²) in [6.45, 7) is 6.21. The lowest BCUT2D eigenvalue weighted by molar-refractivity contribution is -0.139. The minimum absolute atomic E-state index is 0.0172. The third kappa shape index (κ3) is 7.34. The maximum Gasteiger partial charge on any atom is 0.408 e. The summed E-state index contributed by atoms with van der Waals surface area (Å²) in [6, 6.07) is 8.31. The van der Waals surface area contributed by atoms with E-state index >= 15 is 0 Å². The van der Waals surface area contributed by atoms with E-state index in [4.69, 9.17) is 9.84 Å². The van der Waals surface area contributed by atoms with Gasteiger partial charge in [-0.3, -0.25) is 0 Å². The van der Waals surface area contributed by atoms with Gasteiger partial charge in [0, 0.05) is 0 Å². The number of aliphatic carboxylic acids is 1. The highest BCUT2D eigenvalue weighted by atomic mass is 16.5. The van der Waals surface area contributed by atoms with Crippen LogP contribution in [0.4, 0.5) is 4.79 Å². The zero-order valence-corrected chi connectivity index (χ0v) is 12.8. The van der Waals surface area contributed by atoms with Gasteiger partial charge in [0.25, 0.3) is 0 Å². The molecule has 1 atom stereocenters. The second-order valence-corrected chi connectivity index (χ2v) is 6.20. The summed E-state index contributed by atoms with van der Waals surface area (Å²) in [4.78, 5) is 22.8. The van der Waals surface area contributed by atoms with E-state index in [2.05, 4.69) is 5.32 Å². The maximum absolute atomic E-state index is 11.7. The van der Waals surface area contributed by atoms with Crippen molar-refractivity contribution in [2.45, 2.75) is 46.3 Å². The molecule has 0 aromatic heterocycles. The van der Waals surface area contributed by atoms with Crippen molar-refractivity contribution in [3.8, 4) is 0 Å². The van der Waals surface area contributed by atoms with Crippen molar-refractivity contribution < 1.29 is 19.4 Å². The quantitative estimate of drug-likeness (QED) is 0.844. The summed E-state index contributed by atoms with van der Waals surface area (Å²) in [7, 11) is 0. The average Bonchev–Trinajstić information content (AvgIpc) is 2.41. The Morgan fingerprint density at radius 3 is 2.38 bits per heavy atom. The van der Waals surface area contributed by atoms with Gasteiger partial charge < -0.3 is 15.2 Å². The van der Waals surface area contributed by atoms with Crippen LogP contribution in [0.3, 0.4) is 0 Å². The van der Waals surface area contributed by atoms with Crippen LogP contribution in [0.5, 0.6) is 0 Å². The van der Waals surface area contributed by atoms with Crippen molar-refractivity contribution in [3.63, 3.8) is 0 Å². The van der Waals surface area contributed by atoms with E-state index in [0.717, 1.165) is 5.56 Å². The highest BCUT2D eigenvalue weighted by Crippen LogP contribution is 2.21. The van der Waals surface area contributed by atoms with Crippen LogP contribution in [0.15, 0.2) is 30.3 Å². The topological polar surface area (TPSA) is 75.6 Å². The largest absolute Gasteiger partial charge is 0.480 e. The molecule has 0 aliphatic rings. The Balaban J connectivity index is 2.43. The number of rotatable bonds is 6. The summed E-state index contributed by atoms with van der Waals surface area (Å²) in [5, 5.41) is 11.5. The molecule has 1 aromatic rings. The molecule has 0 saturated carbocycles. The zero-order chi connectivity index (χ0) is 15.9. The predicted molar refractivity (Wildman–Crippen MR) is 79.9 cm³/mol. The molecule has 0 aliphatic carbocycles. The molecule has 0 spiro atoms. The molecular formula is C16H23NO4. The van der Waals surface area contributed by atoms with E-state index < -0.39 is 18.1 Å². The van der Waals surface area contributed by atoms with Gasteiger partial charge in [0.2, 0.25) is 0 Å². The Labute approximate surface area is 125 Å². The molecule has 116 valence electrons. The van der Waals surface area contributed by atoms with Gasteiger partial charge in [0.05, 0.1) is 0 Å². The Bertz CT molecular complexity index is 465. The number of carboxylic acid groups (broad SMARTS) is 1. The molecule has 1 rings (SSSR count). The summed E-state index contributed by atoms with van der Waals surface area (Å²) in [6.07, 6.45) is 0.363. The predicted octanol–water partition coefficient (Wildman–Crippen LogP) is 3.19. The standard InChI is InChI=1S/C16H23NO4/c1-16(2,3)10-9-13(14(18)19)17-15(20)21-11-12-7-5-4-6-8-12/h4-8,13H,9-11H2,1-3H3,(H,17,20)(H,18,19)/t13-/m0/s1. The summed E-state index contributed by atoms with van der Waals surface area (Å²) < 4.78 is 5.03. The second-order valence-electron chi connectivity index (χ2n) is 6.20. The second kappa shape index (κ2) is 7.67. The molecule has 0 radical (unpaired) electrons. The number of hydrogen-bond donors (Lipinski definition) is 2. The molecule has 2 N–H and O–H groups in total. The Morgan fingerprint density at radius 1 is 1.24 bits per heavy atom. The van der Waals surface area contributed by atoms with E-state index in [-0.39, 0.29) is 12.0 Å². The van der Waals surface area contributed by atoms with Gasteiger partial charge in [-0.2, -0.15) is 0 Å². The number of ether oxygens (including phenoxy) is 1. The number of hydrogen-bond acceptors (Lipinski definition) is 3. The van der Waals surface area contributed by atoms with Gasteiger partial charge in [0.1, 0.15) is 12.6 Å². The lowest BCUT2D eigenvalue weighted by atomic mass is 9.89. The number of alkyl carbamates (subject to hydrolysis) is 1. The van der Waals surface area contributed by atoms with Crippen LogP contribution in [0.25, 0.3) is 0 Å². The van der Waals surface area contributed by atoms with Crippen molar-refractivity contribution in [2.24, 2.45) is 5.41 Å². The lowest BCUT2D eigenvalue weighted by Crippen LogP contribution is -2.41. The van der Waals surface area contributed by atoms with Gasteiger partial charge in [0.15, 0.2) is 0 Å². The van der Waals surface area contributed by atoms with Crippen LogP contribution in [0.1, 0.15) is 39.2 Å². The molecule has 5 nitrogen and oxygen atoms in total. The fraction of sp³-hybridized carbons (Fsp3) is 0.500. The van der Waals surface area contributed by atoms with Crippen molar-refractivity contribution in [2.75, 3.05) is 0 Å². The number of carbonyl (C=O) groups is 2. The fourth-order valence-electron chi connectivity index (χ4n) is 1.74. The first-order valence-electron chi connectivity index (χ1n) is 6.98. The number of benzene rings is 1. The average molecular weight is 293 g/mol. The van der Waals surface area contributed by atoms with Crippen LogP contribution < -0.4 is 5.32 Å². The van der Waals surface area contributed by atoms with Gasteiger partial charge in [-0.15, -0.1) is 0 Å². The van der Waals surface area contributed by atoms with E-state index in [9.17, 15) is 9.59 Å². The number of amides is 1. The molecule has 0 bridgehead atoms. The molecular weight excluding hydrogens is 270 g/mol. The maximum atomic E-state index is 11.7. The molecule has 5 heteroatoms. The summed E-state index contributed by atoms with van der Waals surface area (Å²) >= 11 is 0. The molecule has 21 heavy (non-hydrogen) atoms. The van der Waals surface area contributed by atoms with Gasteiger partial charge in [-0.1, -0.05) is 51.1 Å². The lowest BCUT2D eigenvalue weighted by Gasteiger charge is -2.21. The SMILES string of the molecule is CC(C)(C)CC[C@H](NC(=O)OCc1ccccc1)C(=O)O. The highest BCUT2D eigenvalue weighted by Gasteiger charge is 2.23. The van der Waals surface area contributed by atoms with Crippen molar-refractivity contribution >= 4 is 12.1 Å². The normalized spacial score (nSPS) is 12.5. The first-order chi connectivity index (χ1) is 9.78. The van der Waals surface area contributed by atoms with Gasteiger partial charge in [-0.25, -0.2) is 9.59 Å². The Kier molecular flexibility index (Phi) is 6.21. The smallest absolute Gasteiger partial charge is 0.408 e. The van der Waals surface area contributed by atoms with Crippen LogP contribution in [0, 0.1) is 5.41 Å². The van der Waals surface area contributed by atoms with Crippen LogP contribution in [0.2, 0.25) is 0 Å². The summed E-state index contributed by atoms with van der Waals surface area (Å²) in [5.41, 5.74) is 0.873. The number of carbonyl (C=O) groups excluding carboxylic acids is 1. The van der Waals surface area contributed by atoms with E-state index in [1.807, 2.05) is 51.1 Å². The molecule has 0 fully saturated rings. The first-order valence-corrected chi connectivity index (χ1v) is 6.98. The third-order valence-corrected chi connectivity index (χ3v) is 2.99. The molecule has 1 aromatic carbocycles. The van der Waals surface area contributed by atoms with Crippen molar-refractivity contribution in [1.29, 1.82) is 0 Å². The van der Waals surface area contributed by atoms with Crippen molar-refractivity contribution in [1.82, 2.24) is 5.32 Å². The molecule has 0 heterocycles. The number of carboxylic acids is 1. The van der Waals surface area contributed by atoms with E-state index in [1.54, 1.807) is 0 Å². The van der Waals surface area contributed by atoms with E-state index in [0.29, 0.717) is 12.8 Å². The highest BCUT2D eigenvalue weighted by molar-refractivity contribution is 5.79. The van der Waals surface area contributed by atoms with Gasteiger partial charge in [-0.05, 0) is 23.8 Å². The molecule has 0 saturated heterocycles. The Morgan fingerprint density at radius 2 is 1.86 bits per heavy atom. The van der Waals surface area contributed by atoms with Gasteiger partial charge >= 0.3 is 12.1 Å². The van der Waals surface area contributed by atoms with Crippen LogP contribution >= 0.6 is 0 Å². The number of nitrogens with one attached hydrogen (secondary N) is 1. The minimum atomic E-state index is -1.05. The van der Waals surface area contributed by atoms with Crippen molar-refractivity contribution in [3.05, 3.63) is 35.9 Å². The third-order valence-electron chi connectivity index (χ3n) is 2.99. The van der Waals surface area contributed by atoms with E-state index in [1.165, 1.54) is 0 Å². The molecule has 0 aliphatic heterocycles. The molecule has 0 unspecified atom stereocenters. The fourth-order valence-corrected chi connectivity index (χ4v) is 1.74. The van der Waals surface area contributed by atoms with Crippen LogP contribution in [-0.4, -0.2) is 23.2 Å². The van der Waals surface area contributed by atoms with Crippen LogP contribution in [-0.2, 0) is 16.1 Å². The Hall–Kier alpha value is -2.04. The zero-order valence-electron chi connectivity index (χ0n) is 12.8.